The van der Waals surface area contributed by atoms with Gasteiger partial charge in [-0.05, 0) is 60.7 Å². The molecule has 2 amide bonds. The molecule has 0 atom stereocenters. The highest BCUT2D eigenvalue weighted by Crippen LogP contribution is 2.38. The average Bonchev–Trinajstić information content (AvgIpc) is 3.28. The van der Waals surface area contributed by atoms with Gasteiger partial charge in [0.25, 0.3) is 11.8 Å². The zero-order valence-corrected chi connectivity index (χ0v) is 18.0. The van der Waals surface area contributed by atoms with E-state index in [1.54, 1.807) is 30.3 Å². The topological polar surface area (TPSA) is 49.4 Å². The SMILES string of the molecule is Cc1ccc(Cl)cc1NC1=C(c2cccs2)C(=O)N(c2cc(Cl)ccc2C)C1=O. The Morgan fingerprint density at radius 1 is 0.897 bits per heavy atom. The number of halogens is 2. The first-order chi connectivity index (χ1) is 13.9. The number of amides is 2. The van der Waals surface area contributed by atoms with E-state index < -0.39 is 5.91 Å². The van der Waals surface area contributed by atoms with Crippen LogP contribution < -0.4 is 10.2 Å². The van der Waals surface area contributed by atoms with E-state index in [9.17, 15) is 9.59 Å². The monoisotopic (exact) mass is 442 g/mol. The van der Waals surface area contributed by atoms with Gasteiger partial charge in [0.05, 0.1) is 11.3 Å². The van der Waals surface area contributed by atoms with Gasteiger partial charge < -0.3 is 5.32 Å². The predicted molar refractivity (Wildman–Crippen MR) is 120 cm³/mol. The number of benzene rings is 2. The molecule has 4 rings (SSSR count). The van der Waals surface area contributed by atoms with Crippen molar-refractivity contribution in [2.24, 2.45) is 0 Å². The van der Waals surface area contributed by atoms with Crippen LogP contribution in [0.2, 0.25) is 10.0 Å². The Bertz CT molecular complexity index is 1170. The smallest absolute Gasteiger partial charge is 0.282 e. The Kier molecular flexibility index (Phi) is 5.21. The molecule has 2 heterocycles. The number of hydrogen-bond donors (Lipinski definition) is 1. The van der Waals surface area contributed by atoms with Crippen molar-refractivity contribution in [3.63, 3.8) is 0 Å². The van der Waals surface area contributed by atoms with Crippen molar-refractivity contribution in [2.75, 3.05) is 10.2 Å². The molecule has 0 saturated heterocycles. The molecule has 0 spiro atoms. The van der Waals surface area contributed by atoms with Crippen LogP contribution in [0.15, 0.2) is 59.6 Å². The highest BCUT2D eigenvalue weighted by atomic mass is 35.5. The van der Waals surface area contributed by atoms with Gasteiger partial charge in [0.1, 0.15) is 5.70 Å². The molecule has 2 aromatic carbocycles. The summed E-state index contributed by atoms with van der Waals surface area (Å²) in [6, 6.07) is 14.2. The molecule has 7 heteroatoms. The maximum Gasteiger partial charge on any atom is 0.282 e. The Labute approximate surface area is 182 Å². The first-order valence-corrected chi connectivity index (χ1v) is 10.5. The van der Waals surface area contributed by atoms with Crippen LogP contribution >= 0.6 is 34.5 Å². The Balaban J connectivity index is 1.85. The van der Waals surface area contributed by atoms with Gasteiger partial charge in [-0.15, -0.1) is 11.3 Å². The fourth-order valence-corrected chi connectivity index (χ4v) is 4.31. The van der Waals surface area contributed by atoms with Crippen LogP contribution in [0.1, 0.15) is 16.0 Å². The van der Waals surface area contributed by atoms with E-state index in [0.717, 1.165) is 11.1 Å². The van der Waals surface area contributed by atoms with Crippen LogP contribution in [0.25, 0.3) is 5.57 Å². The van der Waals surface area contributed by atoms with Crippen LogP contribution in [-0.2, 0) is 9.59 Å². The predicted octanol–water partition coefficient (Wildman–Crippen LogP) is 6.07. The van der Waals surface area contributed by atoms with E-state index in [4.69, 9.17) is 23.2 Å². The normalized spacial score (nSPS) is 14.1. The lowest BCUT2D eigenvalue weighted by atomic mass is 10.1. The van der Waals surface area contributed by atoms with Gasteiger partial charge in [0.15, 0.2) is 0 Å². The second-order valence-electron chi connectivity index (χ2n) is 6.69. The fourth-order valence-electron chi connectivity index (χ4n) is 3.20. The molecule has 0 fully saturated rings. The number of imide groups is 1. The molecule has 0 aliphatic carbocycles. The van der Waals surface area contributed by atoms with Crippen molar-refractivity contribution in [1.82, 2.24) is 0 Å². The maximum atomic E-state index is 13.4. The lowest BCUT2D eigenvalue weighted by Gasteiger charge is -2.18. The molecule has 0 saturated carbocycles. The minimum absolute atomic E-state index is 0.224. The van der Waals surface area contributed by atoms with Crippen LogP contribution in [0.5, 0.6) is 0 Å². The second-order valence-corrected chi connectivity index (χ2v) is 8.51. The molecule has 1 aliphatic rings. The molecule has 1 aromatic heterocycles. The third kappa shape index (κ3) is 3.57. The fraction of sp³-hybridized carbons (Fsp3) is 0.0909. The molecule has 1 aliphatic heterocycles. The average molecular weight is 443 g/mol. The standard InChI is InChI=1S/C22H16Cl2N2O2S/c1-12-5-7-14(23)10-16(12)25-20-19(18-4-3-9-29-18)21(27)26(22(20)28)17-11-15(24)8-6-13(17)2/h3-11,25H,1-2H3. The highest BCUT2D eigenvalue weighted by Gasteiger charge is 2.41. The van der Waals surface area contributed by atoms with Crippen LogP contribution in [0.4, 0.5) is 11.4 Å². The summed E-state index contributed by atoms with van der Waals surface area (Å²) in [5.41, 5.74) is 3.39. The number of hydrogen-bond acceptors (Lipinski definition) is 4. The number of aryl methyl sites for hydroxylation is 2. The van der Waals surface area contributed by atoms with Crippen molar-refractivity contribution in [3.8, 4) is 0 Å². The van der Waals surface area contributed by atoms with Crippen LogP contribution in [0, 0.1) is 13.8 Å². The highest BCUT2D eigenvalue weighted by molar-refractivity contribution is 7.11. The molecule has 4 nitrogen and oxygen atoms in total. The largest absolute Gasteiger partial charge is 0.350 e. The molecule has 146 valence electrons. The zero-order valence-electron chi connectivity index (χ0n) is 15.6. The lowest BCUT2D eigenvalue weighted by Crippen LogP contribution is -2.33. The van der Waals surface area contributed by atoms with Crippen LogP contribution in [-0.4, -0.2) is 11.8 Å². The first-order valence-electron chi connectivity index (χ1n) is 8.83. The van der Waals surface area contributed by atoms with E-state index in [1.807, 2.05) is 37.4 Å². The minimum atomic E-state index is -0.428. The number of rotatable bonds is 4. The summed E-state index contributed by atoms with van der Waals surface area (Å²) in [5, 5.41) is 6.02. The van der Waals surface area contributed by atoms with Crippen molar-refractivity contribution < 1.29 is 9.59 Å². The molecular formula is C22H16Cl2N2O2S. The van der Waals surface area contributed by atoms with E-state index >= 15 is 0 Å². The minimum Gasteiger partial charge on any atom is -0.350 e. The molecular weight excluding hydrogens is 427 g/mol. The molecule has 29 heavy (non-hydrogen) atoms. The zero-order chi connectivity index (χ0) is 20.7. The number of nitrogens with zero attached hydrogens (tertiary/aromatic N) is 1. The summed E-state index contributed by atoms with van der Waals surface area (Å²) in [6.45, 7) is 3.74. The van der Waals surface area contributed by atoms with E-state index in [1.165, 1.54) is 16.2 Å². The molecule has 0 radical (unpaired) electrons. The molecule has 3 aromatic rings. The van der Waals surface area contributed by atoms with Crippen LogP contribution in [0.3, 0.4) is 0 Å². The maximum absolute atomic E-state index is 13.4. The lowest BCUT2D eigenvalue weighted by molar-refractivity contribution is -0.120. The second kappa shape index (κ2) is 7.67. The van der Waals surface area contributed by atoms with E-state index in [0.29, 0.717) is 31.9 Å². The van der Waals surface area contributed by atoms with Crippen molar-refractivity contribution in [1.29, 1.82) is 0 Å². The number of nitrogens with one attached hydrogen (secondary N) is 1. The van der Waals surface area contributed by atoms with Crippen molar-refractivity contribution >= 4 is 63.3 Å². The molecule has 1 N–H and O–H groups in total. The quantitative estimate of drug-likeness (QED) is 0.498. The number of thiophene rings is 1. The molecule has 0 unspecified atom stereocenters. The van der Waals surface area contributed by atoms with Gasteiger partial charge in [-0.25, -0.2) is 4.90 Å². The van der Waals surface area contributed by atoms with Gasteiger partial charge in [0.2, 0.25) is 0 Å². The summed E-state index contributed by atoms with van der Waals surface area (Å²) in [5.74, 6) is -0.812. The summed E-state index contributed by atoms with van der Waals surface area (Å²) in [7, 11) is 0. The van der Waals surface area contributed by atoms with E-state index in [-0.39, 0.29) is 11.6 Å². The van der Waals surface area contributed by atoms with Gasteiger partial charge in [0, 0.05) is 20.6 Å². The molecule has 0 bridgehead atoms. The number of carbonyl (C=O) groups is 2. The van der Waals surface area contributed by atoms with Gasteiger partial charge in [-0.1, -0.05) is 41.4 Å². The first kappa shape index (κ1) is 19.7. The Hall–Kier alpha value is -2.60. The van der Waals surface area contributed by atoms with Crippen molar-refractivity contribution in [2.45, 2.75) is 13.8 Å². The third-order valence-corrected chi connectivity index (χ3v) is 6.08. The Morgan fingerprint density at radius 3 is 2.28 bits per heavy atom. The van der Waals surface area contributed by atoms with E-state index in [2.05, 4.69) is 5.32 Å². The summed E-state index contributed by atoms with van der Waals surface area (Å²) in [4.78, 5) is 28.7. The summed E-state index contributed by atoms with van der Waals surface area (Å²) >= 11 is 13.7. The third-order valence-electron chi connectivity index (χ3n) is 4.72. The summed E-state index contributed by atoms with van der Waals surface area (Å²) < 4.78 is 0. The van der Waals surface area contributed by atoms with Crippen molar-refractivity contribution in [3.05, 3.63) is 85.7 Å². The van der Waals surface area contributed by atoms with Gasteiger partial charge >= 0.3 is 0 Å². The number of anilines is 2. The Morgan fingerprint density at radius 2 is 1.59 bits per heavy atom. The summed E-state index contributed by atoms with van der Waals surface area (Å²) in [6.07, 6.45) is 0. The van der Waals surface area contributed by atoms with Gasteiger partial charge in [-0.3, -0.25) is 9.59 Å². The number of carbonyl (C=O) groups excluding carboxylic acids is 2. The van der Waals surface area contributed by atoms with Gasteiger partial charge in [-0.2, -0.15) is 0 Å².